The number of nitrogens with zero attached hydrogens (tertiary/aromatic N) is 3. The summed E-state index contributed by atoms with van der Waals surface area (Å²) in [6.07, 6.45) is 3.13. The maximum Gasteiger partial charge on any atom is 0.289 e. The third kappa shape index (κ3) is 4.96. The predicted molar refractivity (Wildman–Crippen MR) is 114 cm³/mol. The number of hydrazone groups is 1. The summed E-state index contributed by atoms with van der Waals surface area (Å²) in [5.74, 6) is 0.378. The zero-order valence-electron chi connectivity index (χ0n) is 16.0. The molecule has 4 aromatic rings. The Morgan fingerprint density at radius 1 is 1.03 bits per heavy atom. The van der Waals surface area contributed by atoms with Gasteiger partial charge >= 0.3 is 0 Å². The summed E-state index contributed by atoms with van der Waals surface area (Å²) in [6.45, 7) is 0.506. The molecule has 0 aliphatic rings. The summed E-state index contributed by atoms with van der Waals surface area (Å²) < 4.78 is 5.79. The van der Waals surface area contributed by atoms with Crippen molar-refractivity contribution in [2.24, 2.45) is 5.10 Å². The zero-order chi connectivity index (χ0) is 20.6. The first-order valence-electron chi connectivity index (χ1n) is 9.35. The molecule has 0 bridgehead atoms. The molecule has 148 valence electrons. The fraction of sp³-hybridized carbons (Fsp3) is 0.0435. The molecule has 2 heterocycles. The average molecular weight is 397 g/mol. The molecule has 7 heteroatoms. The summed E-state index contributed by atoms with van der Waals surface area (Å²) in [4.78, 5) is 16.3. The van der Waals surface area contributed by atoms with E-state index in [9.17, 15) is 4.79 Å². The first-order chi connectivity index (χ1) is 14.8. The number of ether oxygens (including phenoxy) is 1. The molecule has 0 atom stereocenters. The molecule has 2 aromatic carbocycles. The number of nitrogens with one attached hydrogen (secondary N) is 2. The fourth-order valence-corrected chi connectivity index (χ4v) is 2.72. The van der Waals surface area contributed by atoms with Crippen molar-refractivity contribution < 1.29 is 9.53 Å². The van der Waals surface area contributed by atoms with Crippen LogP contribution in [0, 0.1) is 0 Å². The second kappa shape index (κ2) is 9.29. The van der Waals surface area contributed by atoms with E-state index in [1.54, 1.807) is 18.3 Å². The number of benzene rings is 2. The van der Waals surface area contributed by atoms with Crippen LogP contribution in [-0.2, 0) is 6.61 Å². The van der Waals surface area contributed by atoms with Crippen LogP contribution in [0.3, 0.4) is 0 Å². The van der Waals surface area contributed by atoms with Gasteiger partial charge in [-0.2, -0.15) is 10.2 Å². The van der Waals surface area contributed by atoms with Crippen LogP contribution >= 0.6 is 0 Å². The topological polar surface area (TPSA) is 92.3 Å². The number of carbonyl (C=O) groups is 1. The molecule has 30 heavy (non-hydrogen) atoms. The third-order valence-electron chi connectivity index (χ3n) is 4.27. The van der Waals surface area contributed by atoms with E-state index in [0.717, 1.165) is 16.9 Å². The minimum absolute atomic E-state index is 0.313. The van der Waals surface area contributed by atoms with Gasteiger partial charge < -0.3 is 4.74 Å². The Morgan fingerprint density at radius 3 is 2.60 bits per heavy atom. The number of aromatic nitrogens is 3. The van der Waals surface area contributed by atoms with Crippen molar-refractivity contribution >= 4 is 12.1 Å². The number of H-pyrrole nitrogens is 1. The van der Waals surface area contributed by atoms with Crippen molar-refractivity contribution in [3.05, 3.63) is 102 Å². The van der Waals surface area contributed by atoms with Crippen LogP contribution in [-0.4, -0.2) is 27.3 Å². The number of amides is 1. The summed E-state index contributed by atoms with van der Waals surface area (Å²) >= 11 is 0. The van der Waals surface area contributed by atoms with E-state index in [4.69, 9.17) is 4.74 Å². The van der Waals surface area contributed by atoms with Gasteiger partial charge in [0.25, 0.3) is 5.91 Å². The van der Waals surface area contributed by atoms with Gasteiger partial charge in [0.1, 0.15) is 18.1 Å². The van der Waals surface area contributed by atoms with Gasteiger partial charge in [-0.25, -0.2) is 5.43 Å². The molecule has 0 spiro atoms. The van der Waals surface area contributed by atoms with Crippen LogP contribution in [0.5, 0.6) is 5.75 Å². The van der Waals surface area contributed by atoms with Crippen molar-refractivity contribution in [2.45, 2.75) is 6.61 Å². The Labute approximate surface area is 173 Å². The lowest BCUT2D eigenvalue weighted by Gasteiger charge is -2.06. The molecule has 0 aliphatic heterocycles. The van der Waals surface area contributed by atoms with Crippen molar-refractivity contribution in [2.75, 3.05) is 0 Å². The van der Waals surface area contributed by atoms with E-state index in [2.05, 4.69) is 25.7 Å². The van der Waals surface area contributed by atoms with Gasteiger partial charge in [-0.3, -0.25) is 14.9 Å². The number of hydrogen-bond donors (Lipinski definition) is 2. The second-order valence-corrected chi connectivity index (χ2v) is 6.42. The number of hydrogen-bond acceptors (Lipinski definition) is 5. The van der Waals surface area contributed by atoms with Gasteiger partial charge in [0.05, 0.1) is 17.6 Å². The molecule has 0 radical (unpaired) electrons. The van der Waals surface area contributed by atoms with E-state index in [1.165, 1.54) is 6.21 Å². The molecule has 0 fully saturated rings. The van der Waals surface area contributed by atoms with Crippen LogP contribution in [0.25, 0.3) is 11.3 Å². The summed E-state index contributed by atoms with van der Waals surface area (Å²) in [5.41, 5.74) is 6.05. The van der Waals surface area contributed by atoms with E-state index in [-0.39, 0.29) is 5.91 Å². The smallest absolute Gasteiger partial charge is 0.289 e. The second-order valence-electron chi connectivity index (χ2n) is 6.42. The van der Waals surface area contributed by atoms with Crippen LogP contribution in [0.4, 0.5) is 0 Å². The zero-order valence-corrected chi connectivity index (χ0v) is 16.0. The van der Waals surface area contributed by atoms with Gasteiger partial charge in [-0.15, -0.1) is 0 Å². The molecular formula is C23H19N5O2. The normalized spacial score (nSPS) is 10.8. The fourth-order valence-electron chi connectivity index (χ4n) is 2.72. The number of aromatic amines is 1. The van der Waals surface area contributed by atoms with Crippen molar-refractivity contribution in [3.8, 4) is 17.0 Å². The van der Waals surface area contributed by atoms with Gasteiger partial charge in [0.15, 0.2) is 0 Å². The monoisotopic (exact) mass is 397 g/mol. The minimum atomic E-state index is -0.385. The molecule has 0 saturated carbocycles. The first-order valence-corrected chi connectivity index (χ1v) is 9.35. The van der Waals surface area contributed by atoms with Gasteiger partial charge in [-0.05, 0) is 48.0 Å². The predicted octanol–water partition coefficient (Wildman–Crippen LogP) is 3.81. The Balaban J connectivity index is 1.35. The Hall–Kier alpha value is -4.26. The van der Waals surface area contributed by atoms with E-state index in [1.807, 2.05) is 66.7 Å². The molecule has 0 unspecified atom stereocenters. The molecular weight excluding hydrogens is 378 g/mol. The third-order valence-corrected chi connectivity index (χ3v) is 4.27. The van der Waals surface area contributed by atoms with Crippen LogP contribution < -0.4 is 10.2 Å². The summed E-state index contributed by atoms with van der Waals surface area (Å²) in [6, 6.07) is 24.7. The van der Waals surface area contributed by atoms with E-state index >= 15 is 0 Å². The lowest BCUT2D eigenvalue weighted by Crippen LogP contribution is -2.18. The quantitative estimate of drug-likeness (QED) is 0.366. The summed E-state index contributed by atoms with van der Waals surface area (Å²) in [5, 5.41) is 10.8. The maximum absolute atomic E-state index is 12.2. The highest BCUT2D eigenvalue weighted by molar-refractivity contribution is 5.94. The van der Waals surface area contributed by atoms with Crippen LogP contribution in [0.15, 0.2) is 90.2 Å². The average Bonchev–Trinajstić information content (AvgIpc) is 3.30. The summed E-state index contributed by atoms with van der Waals surface area (Å²) in [7, 11) is 0. The number of pyridine rings is 1. The molecule has 4 rings (SSSR count). The highest BCUT2D eigenvalue weighted by Crippen LogP contribution is 2.22. The number of carbonyl (C=O) groups excluding carboxylic acids is 1. The van der Waals surface area contributed by atoms with Crippen LogP contribution in [0.1, 0.15) is 21.7 Å². The Kier molecular flexibility index (Phi) is 5.91. The SMILES string of the molecule is O=C(N/N=C\c1ccccn1)c1cc(-c2ccc(OCc3ccccc3)cc2)n[nH]1. The molecule has 2 aromatic heterocycles. The van der Waals surface area contributed by atoms with E-state index < -0.39 is 0 Å². The largest absolute Gasteiger partial charge is 0.489 e. The van der Waals surface area contributed by atoms with Crippen molar-refractivity contribution in [3.63, 3.8) is 0 Å². The van der Waals surface area contributed by atoms with Gasteiger partial charge in [0.2, 0.25) is 0 Å². The molecule has 0 saturated heterocycles. The molecule has 1 amide bonds. The minimum Gasteiger partial charge on any atom is -0.489 e. The standard InChI is InChI=1S/C23H19N5O2/c29-23(28-25-15-19-8-4-5-13-24-19)22-14-21(26-27-22)18-9-11-20(12-10-18)30-16-17-6-2-1-3-7-17/h1-15H,16H2,(H,26,27)(H,28,29)/b25-15-. The van der Waals surface area contributed by atoms with Gasteiger partial charge in [0, 0.05) is 11.8 Å². The van der Waals surface area contributed by atoms with Crippen molar-refractivity contribution in [1.29, 1.82) is 0 Å². The number of rotatable bonds is 7. The maximum atomic E-state index is 12.2. The van der Waals surface area contributed by atoms with Crippen molar-refractivity contribution in [1.82, 2.24) is 20.6 Å². The molecule has 0 aliphatic carbocycles. The lowest BCUT2D eigenvalue weighted by atomic mass is 10.1. The lowest BCUT2D eigenvalue weighted by molar-refractivity contribution is 0.0950. The highest BCUT2D eigenvalue weighted by atomic mass is 16.5. The Bertz CT molecular complexity index is 1120. The van der Waals surface area contributed by atoms with Gasteiger partial charge in [-0.1, -0.05) is 36.4 Å². The Morgan fingerprint density at radius 2 is 1.83 bits per heavy atom. The highest BCUT2D eigenvalue weighted by Gasteiger charge is 2.10. The molecule has 2 N–H and O–H groups in total. The molecule has 7 nitrogen and oxygen atoms in total. The first kappa shape index (κ1) is 19.1. The van der Waals surface area contributed by atoms with Crippen LogP contribution in [0.2, 0.25) is 0 Å². The van der Waals surface area contributed by atoms with E-state index in [0.29, 0.717) is 23.7 Å².